The van der Waals surface area contributed by atoms with Gasteiger partial charge in [-0.15, -0.1) is 0 Å². The van der Waals surface area contributed by atoms with Gasteiger partial charge in [0.25, 0.3) is 0 Å². The van der Waals surface area contributed by atoms with Crippen molar-refractivity contribution < 1.29 is 22.7 Å². The van der Waals surface area contributed by atoms with E-state index in [2.05, 4.69) is 5.32 Å². The maximum absolute atomic E-state index is 13.4. The van der Waals surface area contributed by atoms with E-state index in [1.54, 1.807) is 24.3 Å². The maximum atomic E-state index is 13.4. The molecule has 2 aromatic rings. The van der Waals surface area contributed by atoms with Crippen molar-refractivity contribution in [3.8, 4) is 5.75 Å². The van der Waals surface area contributed by atoms with Crippen LogP contribution >= 0.6 is 0 Å². The second kappa shape index (κ2) is 11.5. The van der Waals surface area contributed by atoms with Gasteiger partial charge in [-0.2, -0.15) is 0 Å². The van der Waals surface area contributed by atoms with Crippen LogP contribution in [-0.4, -0.2) is 64.7 Å². The number of rotatable bonds is 11. The monoisotopic (exact) mass is 461 g/mol. The lowest BCUT2D eigenvalue weighted by Gasteiger charge is -2.32. The van der Waals surface area contributed by atoms with E-state index in [0.29, 0.717) is 18.6 Å². The summed E-state index contributed by atoms with van der Waals surface area (Å²) in [7, 11) is -0.846. The molecule has 1 atom stereocenters. The van der Waals surface area contributed by atoms with Crippen LogP contribution in [0, 0.1) is 0 Å². The zero-order valence-corrected chi connectivity index (χ0v) is 19.8. The van der Waals surface area contributed by atoms with E-state index in [0.717, 1.165) is 16.1 Å². The van der Waals surface area contributed by atoms with Gasteiger partial charge in [-0.05, 0) is 30.5 Å². The van der Waals surface area contributed by atoms with E-state index >= 15 is 0 Å². The van der Waals surface area contributed by atoms with Crippen molar-refractivity contribution in [1.82, 2.24) is 10.2 Å². The van der Waals surface area contributed by atoms with Gasteiger partial charge < -0.3 is 15.0 Å². The highest BCUT2D eigenvalue weighted by molar-refractivity contribution is 7.92. The Bertz CT molecular complexity index is 1010. The summed E-state index contributed by atoms with van der Waals surface area (Å²) in [4.78, 5) is 27.4. The molecule has 32 heavy (non-hydrogen) atoms. The van der Waals surface area contributed by atoms with Gasteiger partial charge in [0.1, 0.15) is 18.3 Å². The molecule has 0 radical (unpaired) electrons. The predicted molar refractivity (Wildman–Crippen MR) is 125 cm³/mol. The van der Waals surface area contributed by atoms with Gasteiger partial charge in [-0.1, -0.05) is 49.4 Å². The van der Waals surface area contributed by atoms with Crippen molar-refractivity contribution in [2.75, 3.05) is 37.8 Å². The van der Waals surface area contributed by atoms with Crippen LogP contribution in [0.2, 0.25) is 0 Å². The highest BCUT2D eigenvalue weighted by atomic mass is 32.2. The Labute approximate surface area is 190 Å². The standard InChI is InChI=1S/C23H31N3O5S/c1-5-19(23(28)24-2)25(16-15-18-11-7-6-8-12-18)22(27)17-26(32(4,29)30)20-13-9-10-14-21(20)31-3/h6-14,19H,5,15-17H2,1-4H3,(H,24,28)/t19-/m1/s1. The molecule has 0 saturated heterocycles. The molecule has 0 aliphatic carbocycles. The van der Waals surface area contributed by atoms with E-state index in [9.17, 15) is 18.0 Å². The fourth-order valence-corrected chi connectivity index (χ4v) is 4.35. The van der Waals surface area contributed by atoms with Gasteiger partial charge >= 0.3 is 0 Å². The van der Waals surface area contributed by atoms with Gasteiger partial charge in [0.05, 0.1) is 19.1 Å². The Hall–Kier alpha value is -3.07. The minimum Gasteiger partial charge on any atom is -0.495 e. The highest BCUT2D eigenvalue weighted by Crippen LogP contribution is 2.29. The number of likely N-dealkylation sites (N-methyl/N-ethyl adjacent to an activating group) is 1. The van der Waals surface area contributed by atoms with E-state index in [-0.39, 0.29) is 18.1 Å². The molecule has 2 aromatic carbocycles. The van der Waals surface area contributed by atoms with Crippen LogP contribution in [0.15, 0.2) is 54.6 Å². The summed E-state index contributed by atoms with van der Waals surface area (Å²) in [5.74, 6) is -0.426. The number of carbonyl (C=O) groups excluding carboxylic acids is 2. The molecule has 0 heterocycles. The summed E-state index contributed by atoms with van der Waals surface area (Å²) in [6, 6.07) is 15.5. The number of nitrogens with zero attached hydrogens (tertiary/aromatic N) is 2. The summed E-state index contributed by atoms with van der Waals surface area (Å²) in [6.07, 6.45) is 1.97. The average molecular weight is 462 g/mol. The van der Waals surface area contributed by atoms with Crippen molar-refractivity contribution in [2.24, 2.45) is 0 Å². The van der Waals surface area contributed by atoms with Crippen molar-refractivity contribution in [2.45, 2.75) is 25.8 Å². The molecule has 0 unspecified atom stereocenters. The molecule has 0 fully saturated rings. The number of hydrogen-bond donors (Lipinski definition) is 1. The van der Waals surface area contributed by atoms with Crippen LogP contribution in [0.3, 0.4) is 0 Å². The fraction of sp³-hybridized carbons (Fsp3) is 0.391. The van der Waals surface area contributed by atoms with Crippen molar-refractivity contribution in [3.05, 3.63) is 60.2 Å². The third kappa shape index (κ3) is 6.46. The Morgan fingerprint density at radius 3 is 2.25 bits per heavy atom. The maximum Gasteiger partial charge on any atom is 0.244 e. The molecule has 8 nitrogen and oxygen atoms in total. The average Bonchev–Trinajstić information content (AvgIpc) is 2.79. The predicted octanol–water partition coefficient (Wildman–Crippen LogP) is 2.06. The lowest BCUT2D eigenvalue weighted by atomic mass is 10.1. The Balaban J connectivity index is 2.37. The fourth-order valence-electron chi connectivity index (χ4n) is 3.49. The smallest absolute Gasteiger partial charge is 0.244 e. The molecule has 0 aliphatic rings. The number of nitrogens with one attached hydrogen (secondary N) is 1. The largest absolute Gasteiger partial charge is 0.495 e. The number of anilines is 1. The van der Waals surface area contributed by atoms with Crippen molar-refractivity contribution in [3.63, 3.8) is 0 Å². The zero-order valence-electron chi connectivity index (χ0n) is 18.9. The molecule has 9 heteroatoms. The van der Waals surface area contributed by atoms with Gasteiger partial charge in [0.15, 0.2) is 0 Å². The zero-order chi connectivity index (χ0) is 23.7. The first kappa shape index (κ1) is 25.2. The number of benzene rings is 2. The summed E-state index contributed by atoms with van der Waals surface area (Å²) in [5.41, 5.74) is 1.28. The van der Waals surface area contributed by atoms with Crippen LogP contribution in [0.4, 0.5) is 5.69 Å². The van der Waals surface area contributed by atoms with Crippen LogP contribution < -0.4 is 14.4 Å². The molecular formula is C23H31N3O5S. The minimum absolute atomic E-state index is 0.266. The number of methoxy groups -OCH3 is 1. The van der Waals surface area contributed by atoms with Crippen LogP contribution in [-0.2, 0) is 26.0 Å². The van der Waals surface area contributed by atoms with Crippen LogP contribution in [0.25, 0.3) is 0 Å². The van der Waals surface area contributed by atoms with E-state index in [1.807, 2.05) is 37.3 Å². The summed E-state index contributed by atoms with van der Waals surface area (Å²) >= 11 is 0. The third-order valence-electron chi connectivity index (χ3n) is 5.15. The Kier molecular flexibility index (Phi) is 9.07. The number of amides is 2. The number of ether oxygens (including phenoxy) is 1. The number of carbonyl (C=O) groups is 2. The van der Waals surface area contributed by atoms with Crippen molar-refractivity contribution in [1.29, 1.82) is 0 Å². The van der Waals surface area contributed by atoms with Crippen LogP contribution in [0.5, 0.6) is 5.75 Å². The minimum atomic E-state index is -3.80. The van der Waals surface area contributed by atoms with Gasteiger partial charge in [-0.3, -0.25) is 13.9 Å². The number of hydrogen-bond acceptors (Lipinski definition) is 5. The molecule has 0 spiro atoms. The molecule has 2 rings (SSSR count). The number of para-hydroxylation sites is 2. The highest BCUT2D eigenvalue weighted by Gasteiger charge is 2.31. The van der Waals surface area contributed by atoms with Gasteiger partial charge in [0, 0.05) is 13.6 Å². The first-order valence-corrected chi connectivity index (χ1v) is 12.2. The molecule has 174 valence electrons. The molecule has 0 aliphatic heterocycles. The van der Waals surface area contributed by atoms with E-state index < -0.39 is 28.5 Å². The summed E-state index contributed by atoms with van der Waals surface area (Å²) in [5, 5.41) is 2.60. The molecule has 0 bridgehead atoms. The Morgan fingerprint density at radius 1 is 1.06 bits per heavy atom. The lowest BCUT2D eigenvalue weighted by Crippen LogP contribution is -2.52. The second-order valence-electron chi connectivity index (χ2n) is 7.30. The topological polar surface area (TPSA) is 96.0 Å². The molecule has 0 saturated carbocycles. The van der Waals surface area contributed by atoms with Crippen molar-refractivity contribution >= 4 is 27.5 Å². The van der Waals surface area contributed by atoms with Gasteiger partial charge in [-0.25, -0.2) is 8.42 Å². The lowest BCUT2D eigenvalue weighted by molar-refractivity contribution is -0.139. The Morgan fingerprint density at radius 2 is 1.69 bits per heavy atom. The summed E-state index contributed by atoms with van der Waals surface area (Å²) < 4.78 is 31.5. The molecule has 0 aromatic heterocycles. The SMILES string of the molecule is CC[C@H](C(=O)NC)N(CCc1ccccc1)C(=O)CN(c1ccccc1OC)S(C)(=O)=O. The molecule has 1 N–H and O–H groups in total. The first-order valence-electron chi connectivity index (χ1n) is 10.4. The van der Waals surface area contributed by atoms with E-state index in [1.165, 1.54) is 19.1 Å². The normalized spacial score (nSPS) is 12.0. The summed E-state index contributed by atoms with van der Waals surface area (Å²) in [6.45, 7) is 1.65. The van der Waals surface area contributed by atoms with Gasteiger partial charge in [0.2, 0.25) is 21.8 Å². The number of sulfonamides is 1. The quantitative estimate of drug-likeness (QED) is 0.553. The first-order chi connectivity index (χ1) is 15.2. The second-order valence-corrected chi connectivity index (χ2v) is 9.21. The molecule has 2 amide bonds. The van der Waals surface area contributed by atoms with Crippen LogP contribution in [0.1, 0.15) is 18.9 Å². The molecular weight excluding hydrogens is 430 g/mol. The third-order valence-corrected chi connectivity index (χ3v) is 6.28. The van der Waals surface area contributed by atoms with E-state index in [4.69, 9.17) is 4.74 Å².